The highest BCUT2D eigenvalue weighted by molar-refractivity contribution is 5.44. The van der Waals surface area contributed by atoms with E-state index in [-0.39, 0.29) is 18.2 Å². The number of aromatic nitrogens is 2. The van der Waals surface area contributed by atoms with Gasteiger partial charge < -0.3 is 20.4 Å². The van der Waals surface area contributed by atoms with Crippen molar-refractivity contribution < 1.29 is 10.2 Å². The second-order valence-corrected chi connectivity index (χ2v) is 7.37. The van der Waals surface area contributed by atoms with E-state index in [9.17, 15) is 10.2 Å². The smallest absolute Gasteiger partial charge is 0.225 e. The number of aliphatic hydroxyl groups excluding tert-OH is 2. The first kappa shape index (κ1) is 17.2. The lowest BCUT2D eigenvalue weighted by Crippen LogP contribution is -2.37. The molecule has 6 heteroatoms. The molecule has 1 aromatic heterocycles. The molecule has 138 valence electrons. The van der Waals surface area contributed by atoms with Crippen molar-refractivity contribution in [2.45, 2.75) is 43.9 Å². The van der Waals surface area contributed by atoms with Gasteiger partial charge in [-0.2, -0.15) is 4.98 Å². The molecule has 4 rings (SSSR count). The monoisotopic (exact) mass is 354 g/mol. The van der Waals surface area contributed by atoms with Gasteiger partial charge in [0.15, 0.2) is 0 Å². The van der Waals surface area contributed by atoms with E-state index in [2.05, 4.69) is 27.3 Å². The van der Waals surface area contributed by atoms with E-state index in [0.717, 1.165) is 44.6 Å². The Kier molecular flexibility index (Phi) is 5.04. The molecular weight excluding hydrogens is 328 g/mol. The highest BCUT2D eigenvalue weighted by Crippen LogP contribution is 2.39. The van der Waals surface area contributed by atoms with Crippen molar-refractivity contribution in [1.29, 1.82) is 0 Å². The lowest BCUT2D eigenvalue weighted by molar-refractivity contribution is 0.0338. The van der Waals surface area contributed by atoms with E-state index in [1.807, 2.05) is 24.3 Å². The number of rotatable bonds is 5. The van der Waals surface area contributed by atoms with Gasteiger partial charge in [0.2, 0.25) is 5.95 Å². The summed E-state index contributed by atoms with van der Waals surface area (Å²) < 4.78 is 0. The Balaban J connectivity index is 1.51. The summed E-state index contributed by atoms with van der Waals surface area (Å²) in [6.07, 6.45) is 4.55. The third kappa shape index (κ3) is 3.81. The summed E-state index contributed by atoms with van der Waals surface area (Å²) in [5, 5.41) is 22.9. The van der Waals surface area contributed by atoms with Crippen LogP contribution in [0.2, 0.25) is 0 Å². The molecule has 26 heavy (non-hydrogen) atoms. The van der Waals surface area contributed by atoms with Gasteiger partial charge in [-0.1, -0.05) is 30.3 Å². The van der Waals surface area contributed by atoms with Crippen molar-refractivity contribution in [3.8, 4) is 0 Å². The van der Waals surface area contributed by atoms with Crippen LogP contribution in [0.15, 0.2) is 42.6 Å². The molecule has 2 aliphatic rings. The Morgan fingerprint density at radius 2 is 1.73 bits per heavy atom. The topological polar surface area (TPSA) is 81.5 Å². The fraction of sp³-hybridized carbons (Fsp3) is 0.500. The Hall–Kier alpha value is -2.18. The molecule has 0 spiro atoms. The molecule has 1 aliphatic heterocycles. The third-order valence-electron chi connectivity index (χ3n) is 5.49. The van der Waals surface area contributed by atoms with Crippen LogP contribution in [0.4, 0.5) is 11.8 Å². The fourth-order valence-electron chi connectivity index (χ4n) is 3.86. The number of hydrogen-bond acceptors (Lipinski definition) is 6. The van der Waals surface area contributed by atoms with E-state index in [1.54, 1.807) is 6.20 Å². The standard InChI is InChI=1S/C20H26N4O2/c25-16-7-10-24(11-8-16)18-6-9-21-20(22-18)23-19(15-12-17(26)13-15)14-4-2-1-3-5-14/h1-6,9,15-17,19,25-26H,7-8,10-13H2,(H,21,22,23). The molecule has 1 unspecified atom stereocenters. The first-order chi connectivity index (χ1) is 12.7. The number of nitrogens with one attached hydrogen (secondary N) is 1. The molecule has 1 aliphatic carbocycles. The first-order valence-electron chi connectivity index (χ1n) is 9.44. The molecule has 1 aromatic carbocycles. The predicted molar refractivity (Wildman–Crippen MR) is 101 cm³/mol. The van der Waals surface area contributed by atoms with Crippen LogP contribution in [0.25, 0.3) is 0 Å². The van der Waals surface area contributed by atoms with Crippen LogP contribution in [0.1, 0.15) is 37.3 Å². The fourth-order valence-corrected chi connectivity index (χ4v) is 3.86. The SMILES string of the molecule is OC1CCN(c2ccnc(NC(c3ccccc3)C3CC(O)C3)n2)CC1. The molecular formula is C20H26N4O2. The van der Waals surface area contributed by atoms with Crippen molar-refractivity contribution in [3.63, 3.8) is 0 Å². The lowest BCUT2D eigenvalue weighted by atomic mass is 9.75. The zero-order valence-corrected chi connectivity index (χ0v) is 14.8. The summed E-state index contributed by atoms with van der Waals surface area (Å²) in [5.74, 6) is 1.89. The van der Waals surface area contributed by atoms with Gasteiger partial charge in [0.25, 0.3) is 0 Å². The van der Waals surface area contributed by atoms with Gasteiger partial charge in [-0.3, -0.25) is 0 Å². The van der Waals surface area contributed by atoms with E-state index in [4.69, 9.17) is 4.98 Å². The quantitative estimate of drug-likeness (QED) is 0.765. The van der Waals surface area contributed by atoms with E-state index < -0.39 is 0 Å². The molecule has 6 nitrogen and oxygen atoms in total. The number of benzene rings is 1. The Morgan fingerprint density at radius 3 is 2.42 bits per heavy atom. The molecule has 1 saturated heterocycles. The maximum atomic E-state index is 9.73. The summed E-state index contributed by atoms with van der Waals surface area (Å²) in [6.45, 7) is 1.63. The van der Waals surface area contributed by atoms with E-state index in [0.29, 0.717) is 11.9 Å². The van der Waals surface area contributed by atoms with Gasteiger partial charge in [0.05, 0.1) is 18.2 Å². The molecule has 0 radical (unpaired) electrons. The van der Waals surface area contributed by atoms with Gasteiger partial charge >= 0.3 is 0 Å². The van der Waals surface area contributed by atoms with Gasteiger partial charge in [0.1, 0.15) is 5.82 Å². The lowest BCUT2D eigenvalue weighted by Gasteiger charge is -2.38. The maximum absolute atomic E-state index is 9.73. The Labute approximate surface area is 153 Å². The first-order valence-corrected chi connectivity index (χ1v) is 9.44. The second kappa shape index (κ2) is 7.60. The minimum atomic E-state index is -0.196. The molecule has 2 heterocycles. The summed E-state index contributed by atoms with van der Waals surface area (Å²) in [6, 6.07) is 12.3. The highest BCUT2D eigenvalue weighted by atomic mass is 16.3. The largest absolute Gasteiger partial charge is 0.393 e. The van der Waals surface area contributed by atoms with Gasteiger partial charge in [-0.15, -0.1) is 0 Å². The minimum Gasteiger partial charge on any atom is -0.393 e. The van der Waals surface area contributed by atoms with Crippen molar-refractivity contribution in [3.05, 3.63) is 48.2 Å². The van der Waals surface area contributed by atoms with Crippen molar-refractivity contribution >= 4 is 11.8 Å². The van der Waals surface area contributed by atoms with Crippen LogP contribution in [0.3, 0.4) is 0 Å². The maximum Gasteiger partial charge on any atom is 0.225 e. The van der Waals surface area contributed by atoms with Crippen LogP contribution in [0.5, 0.6) is 0 Å². The number of piperidine rings is 1. The number of nitrogens with zero attached hydrogens (tertiary/aromatic N) is 3. The molecule has 3 N–H and O–H groups in total. The molecule has 0 bridgehead atoms. The summed E-state index contributed by atoms with van der Waals surface area (Å²) in [7, 11) is 0. The van der Waals surface area contributed by atoms with E-state index in [1.165, 1.54) is 5.56 Å². The summed E-state index contributed by atoms with van der Waals surface area (Å²) >= 11 is 0. The average Bonchev–Trinajstić information content (AvgIpc) is 2.65. The number of anilines is 2. The van der Waals surface area contributed by atoms with Crippen molar-refractivity contribution in [2.24, 2.45) is 5.92 Å². The van der Waals surface area contributed by atoms with E-state index >= 15 is 0 Å². The van der Waals surface area contributed by atoms with Crippen LogP contribution in [-0.2, 0) is 0 Å². The van der Waals surface area contributed by atoms with Gasteiger partial charge in [-0.05, 0) is 43.2 Å². The highest BCUT2D eigenvalue weighted by Gasteiger charge is 2.35. The normalized spacial score (nSPS) is 24.8. The molecule has 0 amide bonds. The summed E-state index contributed by atoms with van der Waals surface area (Å²) in [4.78, 5) is 11.3. The van der Waals surface area contributed by atoms with Gasteiger partial charge in [-0.25, -0.2) is 4.98 Å². The number of hydrogen-bond donors (Lipinski definition) is 3. The predicted octanol–water partition coefficient (Wildman–Crippen LogP) is 2.36. The van der Waals surface area contributed by atoms with Crippen molar-refractivity contribution in [1.82, 2.24) is 9.97 Å². The third-order valence-corrected chi connectivity index (χ3v) is 5.49. The molecule has 1 saturated carbocycles. The Morgan fingerprint density at radius 1 is 1.00 bits per heavy atom. The van der Waals surface area contributed by atoms with Crippen molar-refractivity contribution in [2.75, 3.05) is 23.3 Å². The zero-order valence-electron chi connectivity index (χ0n) is 14.8. The van der Waals surface area contributed by atoms with Crippen LogP contribution >= 0.6 is 0 Å². The van der Waals surface area contributed by atoms with Crippen LogP contribution < -0.4 is 10.2 Å². The summed E-state index contributed by atoms with van der Waals surface area (Å²) in [5.41, 5.74) is 1.19. The molecule has 2 fully saturated rings. The van der Waals surface area contributed by atoms with Gasteiger partial charge in [0, 0.05) is 19.3 Å². The van der Waals surface area contributed by atoms with Crippen LogP contribution in [-0.4, -0.2) is 45.5 Å². The molecule has 2 aromatic rings. The van der Waals surface area contributed by atoms with Crippen LogP contribution in [0, 0.1) is 5.92 Å². The Bertz CT molecular complexity index is 713. The zero-order chi connectivity index (χ0) is 17.9. The minimum absolute atomic E-state index is 0.0954. The number of aliphatic hydroxyl groups is 2. The second-order valence-electron chi connectivity index (χ2n) is 7.37. The average molecular weight is 354 g/mol. The molecule has 1 atom stereocenters.